The van der Waals surface area contributed by atoms with Crippen LogP contribution in [0.5, 0.6) is 0 Å². The van der Waals surface area contributed by atoms with Gasteiger partial charge >= 0.3 is 0 Å². The van der Waals surface area contributed by atoms with Gasteiger partial charge in [-0.25, -0.2) is 4.98 Å². The minimum atomic E-state index is 0.0752. The van der Waals surface area contributed by atoms with Gasteiger partial charge in [0.15, 0.2) is 11.7 Å². The van der Waals surface area contributed by atoms with Gasteiger partial charge in [0, 0.05) is 31.5 Å². The van der Waals surface area contributed by atoms with Crippen molar-refractivity contribution in [2.45, 2.75) is 38.9 Å². The first-order chi connectivity index (χ1) is 11.5. The van der Waals surface area contributed by atoms with Crippen LogP contribution in [0.15, 0.2) is 34.9 Å². The highest BCUT2D eigenvalue weighted by Gasteiger charge is 2.25. The first-order valence-electron chi connectivity index (χ1n) is 8.15. The number of oxazole rings is 1. The normalized spacial score (nSPS) is 21.0. The molecule has 1 aromatic heterocycles. The molecule has 0 saturated carbocycles. The standard InChI is InChI=1S/C18H21ClN2O3/c1-12-10-21(11-13(2)23-12)18(22)8-7-17-20-9-16(24-17)14-5-3-4-6-15(14)19/h3-6,9,12-13H,7-8,10-11H2,1-2H3/t12-,13-/m1/s1. The summed E-state index contributed by atoms with van der Waals surface area (Å²) in [6, 6.07) is 7.46. The number of hydrogen-bond donors (Lipinski definition) is 0. The number of hydrogen-bond acceptors (Lipinski definition) is 4. The van der Waals surface area contributed by atoms with E-state index in [4.69, 9.17) is 20.8 Å². The molecule has 0 N–H and O–H groups in total. The number of halogens is 1. The van der Waals surface area contributed by atoms with Gasteiger partial charge in [0.1, 0.15) is 0 Å². The van der Waals surface area contributed by atoms with Crippen molar-refractivity contribution in [2.75, 3.05) is 13.1 Å². The monoisotopic (exact) mass is 348 g/mol. The second-order valence-corrected chi connectivity index (χ2v) is 6.56. The Labute approximate surface area is 146 Å². The first kappa shape index (κ1) is 17.0. The first-order valence-corrected chi connectivity index (χ1v) is 8.53. The molecule has 1 aromatic carbocycles. The van der Waals surface area contributed by atoms with Crippen LogP contribution in [0.1, 0.15) is 26.2 Å². The van der Waals surface area contributed by atoms with Gasteiger partial charge in [-0.05, 0) is 26.0 Å². The Hall–Kier alpha value is -1.85. The van der Waals surface area contributed by atoms with Gasteiger partial charge in [-0.2, -0.15) is 0 Å². The van der Waals surface area contributed by atoms with E-state index in [1.165, 1.54) is 0 Å². The largest absolute Gasteiger partial charge is 0.441 e. The summed E-state index contributed by atoms with van der Waals surface area (Å²) in [7, 11) is 0. The van der Waals surface area contributed by atoms with E-state index in [0.717, 1.165) is 5.56 Å². The summed E-state index contributed by atoms with van der Waals surface area (Å²) in [5, 5.41) is 0.618. The van der Waals surface area contributed by atoms with Crippen LogP contribution < -0.4 is 0 Å². The number of carbonyl (C=O) groups excluding carboxylic acids is 1. The molecule has 2 atom stereocenters. The molecule has 128 valence electrons. The Morgan fingerprint density at radius 2 is 2.00 bits per heavy atom. The van der Waals surface area contributed by atoms with Crippen molar-refractivity contribution in [1.29, 1.82) is 0 Å². The van der Waals surface area contributed by atoms with Gasteiger partial charge in [-0.3, -0.25) is 4.79 Å². The minimum Gasteiger partial charge on any atom is -0.441 e. The van der Waals surface area contributed by atoms with Crippen molar-refractivity contribution >= 4 is 17.5 Å². The summed E-state index contributed by atoms with van der Waals surface area (Å²) in [5.74, 6) is 1.28. The summed E-state index contributed by atoms with van der Waals surface area (Å²) in [5.41, 5.74) is 0.806. The van der Waals surface area contributed by atoms with Crippen molar-refractivity contribution in [3.8, 4) is 11.3 Å². The molecule has 0 unspecified atom stereocenters. The quantitative estimate of drug-likeness (QED) is 0.847. The number of aromatic nitrogens is 1. The minimum absolute atomic E-state index is 0.0752. The van der Waals surface area contributed by atoms with Crippen molar-refractivity contribution in [3.63, 3.8) is 0 Å². The summed E-state index contributed by atoms with van der Waals surface area (Å²) in [4.78, 5) is 18.5. The highest BCUT2D eigenvalue weighted by Crippen LogP contribution is 2.28. The van der Waals surface area contributed by atoms with E-state index in [-0.39, 0.29) is 18.1 Å². The maximum absolute atomic E-state index is 12.4. The van der Waals surface area contributed by atoms with Crippen LogP contribution in [0.4, 0.5) is 0 Å². The molecular formula is C18H21ClN2O3. The lowest BCUT2D eigenvalue weighted by molar-refractivity contribution is -0.143. The van der Waals surface area contributed by atoms with Gasteiger partial charge < -0.3 is 14.1 Å². The topological polar surface area (TPSA) is 55.6 Å². The third-order valence-corrected chi connectivity index (χ3v) is 4.35. The Morgan fingerprint density at radius 3 is 2.71 bits per heavy atom. The third-order valence-electron chi connectivity index (χ3n) is 4.02. The average Bonchev–Trinajstić information content (AvgIpc) is 3.01. The van der Waals surface area contributed by atoms with E-state index in [2.05, 4.69) is 4.98 Å². The predicted molar refractivity (Wildman–Crippen MR) is 91.9 cm³/mol. The molecular weight excluding hydrogens is 328 g/mol. The second-order valence-electron chi connectivity index (χ2n) is 6.15. The Kier molecular flexibility index (Phi) is 5.21. The zero-order valence-electron chi connectivity index (χ0n) is 13.9. The lowest BCUT2D eigenvalue weighted by Crippen LogP contribution is -2.48. The molecule has 0 bridgehead atoms. The lowest BCUT2D eigenvalue weighted by atomic mass is 10.2. The summed E-state index contributed by atoms with van der Waals surface area (Å²) < 4.78 is 11.4. The van der Waals surface area contributed by atoms with E-state index in [0.29, 0.717) is 42.6 Å². The number of carbonyl (C=O) groups is 1. The third kappa shape index (κ3) is 3.97. The van der Waals surface area contributed by atoms with Crippen LogP contribution in [0.2, 0.25) is 5.02 Å². The fourth-order valence-electron chi connectivity index (χ4n) is 2.96. The summed E-state index contributed by atoms with van der Waals surface area (Å²) >= 11 is 6.16. The van der Waals surface area contributed by atoms with E-state index in [1.807, 2.05) is 43.0 Å². The maximum atomic E-state index is 12.4. The maximum Gasteiger partial charge on any atom is 0.223 e. The molecule has 5 nitrogen and oxygen atoms in total. The van der Waals surface area contributed by atoms with E-state index < -0.39 is 0 Å². The Morgan fingerprint density at radius 1 is 1.29 bits per heavy atom. The fraction of sp³-hybridized carbons (Fsp3) is 0.444. The Bertz CT molecular complexity index is 706. The predicted octanol–water partition coefficient (Wildman–Crippen LogP) is 3.56. The highest BCUT2D eigenvalue weighted by molar-refractivity contribution is 6.33. The van der Waals surface area contributed by atoms with Crippen LogP contribution in [0, 0.1) is 0 Å². The Balaban J connectivity index is 1.59. The molecule has 1 amide bonds. The van der Waals surface area contributed by atoms with Gasteiger partial charge in [0.05, 0.1) is 23.4 Å². The zero-order valence-corrected chi connectivity index (χ0v) is 14.6. The average molecular weight is 349 g/mol. The fourth-order valence-corrected chi connectivity index (χ4v) is 3.19. The molecule has 0 radical (unpaired) electrons. The molecule has 0 aliphatic carbocycles. The number of aryl methyl sites for hydroxylation is 1. The molecule has 3 rings (SSSR count). The second kappa shape index (κ2) is 7.36. The van der Waals surface area contributed by atoms with E-state index in [9.17, 15) is 4.79 Å². The highest BCUT2D eigenvalue weighted by atomic mass is 35.5. The van der Waals surface area contributed by atoms with E-state index >= 15 is 0 Å². The smallest absolute Gasteiger partial charge is 0.223 e. The molecule has 1 saturated heterocycles. The lowest BCUT2D eigenvalue weighted by Gasteiger charge is -2.35. The van der Waals surface area contributed by atoms with Gasteiger partial charge in [-0.1, -0.05) is 23.7 Å². The van der Waals surface area contributed by atoms with Crippen LogP contribution >= 0.6 is 11.6 Å². The summed E-state index contributed by atoms with van der Waals surface area (Å²) in [6.07, 6.45) is 2.66. The van der Waals surface area contributed by atoms with Crippen LogP contribution in [0.25, 0.3) is 11.3 Å². The van der Waals surface area contributed by atoms with E-state index in [1.54, 1.807) is 6.20 Å². The van der Waals surface area contributed by atoms with Gasteiger partial charge in [0.2, 0.25) is 5.91 Å². The van der Waals surface area contributed by atoms with Crippen molar-refractivity contribution in [1.82, 2.24) is 9.88 Å². The van der Waals surface area contributed by atoms with Crippen molar-refractivity contribution in [3.05, 3.63) is 41.4 Å². The molecule has 6 heteroatoms. The zero-order chi connectivity index (χ0) is 17.1. The number of amides is 1. The number of rotatable bonds is 4. The van der Waals surface area contributed by atoms with Crippen molar-refractivity contribution in [2.24, 2.45) is 0 Å². The van der Waals surface area contributed by atoms with Gasteiger partial charge in [0.25, 0.3) is 0 Å². The van der Waals surface area contributed by atoms with Crippen LogP contribution in [-0.4, -0.2) is 41.1 Å². The molecule has 2 heterocycles. The molecule has 1 aliphatic heterocycles. The number of nitrogens with zero attached hydrogens (tertiary/aromatic N) is 2. The molecule has 2 aromatic rings. The SMILES string of the molecule is C[C@@H]1CN(C(=O)CCc2ncc(-c3ccccc3Cl)o2)C[C@@H](C)O1. The molecule has 0 spiro atoms. The van der Waals surface area contributed by atoms with Crippen LogP contribution in [0.3, 0.4) is 0 Å². The van der Waals surface area contributed by atoms with Crippen LogP contribution in [-0.2, 0) is 16.0 Å². The number of ether oxygens (including phenoxy) is 1. The van der Waals surface area contributed by atoms with Gasteiger partial charge in [-0.15, -0.1) is 0 Å². The summed E-state index contributed by atoms with van der Waals surface area (Å²) in [6.45, 7) is 5.25. The molecule has 1 fully saturated rings. The number of morpholine rings is 1. The van der Waals surface area contributed by atoms with Crippen molar-refractivity contribution < 1.29 is 13.9 Å². The molecule has 1 aliphatic rings. The molecule has 24 heavy (non-hydrogen) atoms. The number of benzene rings is 1.